The van der Waals surface area contributed by atoms with Crippen molar-refractivity contribution in [2.45, 2.75) is 26.9 Å². The second-order valence-electron chi connectivity index (χ2n) is 6.25. The van der Waals surface area contributed by atoms with Gasteiger partial charge in [-0.3, -0.25) is 4.79 Å². The summed E-state index contributed by atoms with van der Waals surface area (Å²) in [5.74, 6) is -0.736. The van der Waals surface area contributed by atoms with Gasteiger partial charge in [0.05, 0.1) is 7.11 Å². The van der Waals surface area contributed by atoms with Crippen LogP contribution in [0.1, 0.15) is 23.6 Å². The predicted molar refractivity (Wildman–Crippen MR) is 107 cm³/mol. The number of nitriles is 1. The van der Waals surface area contributed by atoms with Gasteiger partial charge in [-0.2, -0.15) is 5.26 Å². The van der Waals surface area contributed by atoms with Crippen LogP contribution in [0.15, 0.2) is 48.0 Å². The van der Waals surface area contributed by atoms with E-state index in [9.17, 15) is 14.9 Å². The third kappa shape index (κ3) is 5.21. The van der Waals surface area contributed by atoms with Crippen LogP contribution < -0.4 is 10.1 Å². The zero-order valence-electron chi connectivity index (χ0n) is 16.3. The minimum Gasteiger partial charge on any atom is -0.497 e. The highest BCUT2D eigenvalue weighted by atomic mass is 16.5. The highest BCUT2D eigenvalue weighted by molar-refractivity contribution is 6.01. The molecule has 1 amide bonds. The van der Waals surface area contributed by atoms with Gasteiger partial charge in [-0.25, -0.2) is 4.79 Å². The molecule has 2 aromatic carbocycles. The molecule has 6 heteroatoms. The number of amides is 1. The lowest BCUT2D eigenvalue weighted by Gasteiger charge is -2.16. The number of nitrogens with one attached hydrogen (secondary N) is 1. The van der Waals surface area contributed by atoms with Crippen LogP contribution in [0.5, 0.6) is 5.75 Å². The number of carbonyl (C=O) groups is 2. The van der Waals surface area contributed by atoms with Gasteiger partial charge in [0.2, 0.25) is 0 Å². The van der Waals surface area contributed by atoms with Gasteiger partial charge >= 0.3 is 5.97 Å². The maximum atomic E-state index is 12.4. The van der Waals surface area contributed by atoms with Gasteiger partial charge in [0.1, 0.15) is 17.4 Å². The van der Waals surface area contributed by atoms with E-state index in [0.717, 1.165) is 11.1 Å². The van der Waals surface area contributed by atoms with Crippen molar-refractivity contribution in [1.82, 2.24) is 0 Å². The average molecular weight is 378 g/mol. The van der Waals surface area contributed by atoms with E-state index in [1.54, 1.807) is 24.3 Å². The Morgan fingerprint density at radius 1 is 1.14 bits per heavy atom. The minimum atomic E-state index is -1.06. The van der Waals surface area contributed by atoms with Gasteiger partial charge in [0.25, 0.3) is 5.91 Å². The summed E-state index contributed by atoms with van der Waals surface area (Å²) in [7, 11) is 1.53. The number of carbonyl (C=O) groups excluding carboxylic acids is 2. The monoisotopic (exact) mass is 378 g/mol. The first-order chi connectivity index (χ1) is 13.3. The average Bonchev–Trinajstić information content (AvgIpc) is 2.68. The van der Waals surface area contributed by atoms with Crippen molar-refractivity contribution < 1.29 is 19.1 Å². The van der Waals surface area contributed by atoms with Gasteiger partial charge in [0, 0.05) is 5.69 Å². The summed E-state index contributed by atoms with van der Waals surface area (Å²) in [4.78, 5) is 24.7. The van der Waals surface area contributed by atoms with Crippen molar-refractivity contribution >= 4 is 23.6 Å². The van der Waals surface area contributed by atoms with Crippen LogP contribution in [0.4, 0.5) is 5.69 Å². The van der Waals surface area contributed by atoms with Crippen LogP contribution in [0, 0.1) is 25.2 Å². The van der Waals surface area contributed by atoms with Gasteiger partial charge < -0.3 is 14.8 Å². The molecule has 0 aliphatic carbocycles. The molecule has 28 heavy (non-hydrogen) atoms. The van der Waals surface area contributed by atoms with E-state index in [1.165, 1.54) is 20.1 Å². The fraction of sp³-hybridized carbons (Fsp3) is 0.227. The molecular formula is C22H22N2O4. The zero-order chi connectivity index (χ0) is 20.7. The molecule has 0 unspecified atom stereocenters. The first kappa shape index (κ1) is 20.7. The highest BCUT2D eigenvalue weighted by Gasteiger charge is 2.21. The smallest absolute Gasteiger partial charge is 0.349 e. The third-order valence-corrected chi connectivity index (χ3v) is 4.13. The molecule has 0 bridgehead atoms. The van der Waals surface area contributed by atoms with Crippen molar-refractivity contribution in [3.05, 3.63) is 64.7 Å². The van der Waals surface area contributed by atoms with E-state index in [4.69, 9.17) is 9.47 Å². The Bertz CT molecular complexity index is 937. The molecule has 6 nitrogen and oxygen atoms in total. The van der Waals surface area contributed by atoms with E-state index in [-0.39, 0.29) is 5.57 Å². The Labute approximate surface area is 164 Å². The Morgan fingerprint density at radius 2 is 1.79 bits per heavy atom. The Balaban J connectivity index is 2.10. The number of rotatable bonds is 6. The standard InChI is InChI=1S/C22H22N2O4/c1-14-7-5-8-15(2)20(14)24-21(25)16(3)28-22(26)18(13-23)11-17-9-6-10-19(12-17)27-4/h5-12,16H,1-4H3,(H,24,25)/b18-11+/t16-/m0/s1. The molecule has 0 radical (unpaired) electrons. The summed E-state index contributed by atoms with van der Waals surface area (Å²) < 4.78 is 10.3. The molecular weight excluding hydrogens is 356 g/mol. The molecule has 0 heterocycles. The Hall–Kier alpha value is -3.59. The number of anilines is 1. The molecule has 2 rings (SSSR count). The van der Waals surface area contributed by atoms with Gasteiger partial charge in [-0.15, -0.1) is 0 Å². The van der Waals surface area contributed by atoms with Crippen molar-refractivity contribution in [2.24, 2.45) is 0 Å². The number of methoxy groups -OCH3 is 1. The molecule has 0 aliphatic heterocycles. The molecule has 1 atom stereocenters. The SMILES string of the molecule is COc1cccc(/C=C(\C#N)C(=O)O[C@@H](C)C(=O)Nc2c(C)cccc2C)c1. The summed E-state index contributed by atoms with van der Waals surface area (Å²) in [5.41, 5.74) is 2.90. The van der Waals surface area contributed by atoms with Crippen LogP contribution in [0.3, 0.4) is 0 Å². The lowest BCUT2D eigenvalue weighted by Crippen LogP contribution is -2.30. The highest BCUT2D eigenvalue weighted by Crippen LogP contribution is 2.20. The number of aryl methyl sites for hydroxylation is 2. The van der Waals surface area contributed by atoms with E-state index in [2.05, 4.69) is 5.32 Å². The van der Waals surface area contributed by atoms with Crippen LogP contribution in [0.25, 0.3) is 6.08 Å². The fourth-order valence-corrected chi connectivity index (χ4v) is 2.55. The quantitative estimate of drug-likeness (QED) is 0.469. The largest absolute Gasteiger partial charge is 0.497 e. The predicted octanol–water partition coefficient (Wildman–Crippen LogP) is 3.79. The van der Waals surface area contributed by atoms with Crippen LogP contribution in [-0.2, 0) is 14.3 Å². The Morgan fingerprint density at radius 3 is 2.39 bits per heavy atom. The van der Waals surface area contributed by atoms with Crippen molar-refractivity contribution in [2.75, 3.05) is 12.4 Å². The minimum absolute atomic E-state index is 0.208. The first-order valence-electron chi connectivity index (χ1n) is 8.69. The van der Waals surface area contributed by atoms with Crippen LogP contribution >= 0.6 is 0 Å². The number of nitrogens with zero attached hydrogens (tertiary/aromatic N) is 1. The normalized spacial score (nSPS) is 11.9. The van der Waals surface area contributed by atoms with E-state index in [0.29, 0.717) is 17.0 Å². The molecule has 0 aliphatic rings. The summed E-state index contributed by atoms with van der Waals surface area (Å²) in [6.45, 7) is 5.22. The molecule has 0 saturated heterocycles. The molecule has 0 fully saturated rings. The maximum Gasteiger partial charge on any atom is 0.349 e. The molecule has 2 aromatic rings. The van der Waals surface area contributed by atoms with Crippen LogP contribution in [-0.4, -0.2) is 25.1 Å². The summed E-state index contributed by atoms with van der Waals surface area (Å²) >= 11 is 0. The number of para-hydroxylation sites is 1. The van der Waals surface area contributed by atoms with Crippen LogP contribution in [0.2, 0.25) is 0 Å². The topological polar surface area (TPSA) is 88.4 Å². The summed E-state index contributed by atoms with van der Waals surface area (Å²) in [6, 6.07) is 14.4. The molecule has 0 spiro atoms. The number of ether oxygens (including phenoxy) is 2. The first-order valence-corrected chi connectivity index (χ1v) is 8.69. The lowest BCUT2D eigenvalue weighted by atomic mass is 10.1. The molecule has 0 saturated carbocycles. The lowest BCUT2D eigenvalue weighted by molar-refractivity contribution is -0.148. The molecule has 144 valence electrons. The van der Waals surface area contributed by atoms with Crippen molar-refractivity contribution in [3.8, 4) is 11.8 Å². The number of hydrogen-bond acceptors (Lipinski definition) is 5. The second kappa shape index (κ2) is 9.38. The maximum absolute atomic E-state index is 12.4. The number of benzene rings is 2. The Kier molecular flexibility index (Phi) is 6.94. The van der Waals surface area contributed by atoms with E-state index in [1.807, 2.05) is 38.1 Å². The van der Waals surface area contributed by atoms with Gasteiger partial charge in [-0.1, -0.05) is 30.3 Å². The number of esters is 1. The van der Waals surface area contributed by atoms with Crippen molar-refractivity contribution in [3.63, 3.8) is 0 Å². The molecule has 1 N–H and O–H groups in total. The third-order valence-electron chi connectivity index (χ3n) is 4.13. The number of hydrogen-bond donors (Lipinski definition) is 1. The fourth-order valence-electron chi connectivity index (χ4n) is 2.55. The van der Waals surface area contributed by atoms with E-state index < -0.39 is 18.0 Å². The second-order valence-corrected chi connectivity index (χ2v) is 6.25. The molecule has 0 aromatic heterocycles. The van der Waals surface area contributed by atoms with Gasteiger partial charge in [0.15, 0.2) is 6.10 Å². The summed E-state index contributed by atoms with van der Waals surface area (Å²) in [6.07, 6.45) is 0.328. The van der Waals surface area contributed by atoms with E-state index >= 15 is 0 Å². The van der Waals surface area contributed by atoms with Gasteiger partial charge in [-0.05, 0) is 55.7 Å². The summed E-state index contributed by atoms with van der Waals surface area (Å²) in [5, 5.41) is 12.1. The van der Waals surface area contributed by atoms with Crippen molar-refractivity contribution in [1.29, 1.82) is 5.26 Å². The zero-order valence-corrected chi connectivity index (χ0v) is 16.3.